The summed E-state index contributed by atoms with van der Waals surface area (Å²) in [5.74, 6) is 0.469. The van der Waals surface area contributed by atoms with Gasteiger partial charge in [0, 0.05) is 43.0 Å². The van der Waals surface area contributed by atoms with Crippen LogP contribution in [-0.2, 0) is 11.0 Å². The van der Waals surface area contributed by atoms with Crippen LogP contribution in [0.1, 0.15) is 40.7 Å². The zero-order valence-corrected chi connectivity index (χ0v) is 16.9. The van der Waals surface area contributed by atoms with E-state index < -0.39 is 11.7 Å². The molecule has 1 atom stereocenters. The summed E-state index contributed by atoms with van der Waals surface area (Å²) in [6.07, 6.45) is 0.259. The number of carbonyl (C=O) groups is 2. The lowest BCUT2D eigenvalue weighted by molar-refractivity contribution is -0.137. The second kappa shape index (κ2) is 8.16. The van der Waals surface area contributed by atoms with E-state index in [0.717, 1.165) is 25.1 Å². The van der Waals surface area contributed by atoms with Gasteiger partial charge >= 0.3 is 6.18 Å². The summed E-state index contributed by atoms with van der Waals surface area (Å²) < 4.78 is 38.6. The first-order chi connectivity index (χ1) is 14.7. The van der Waals surface area contributed by atoms with Crippen LogP contribution in [0.5, 0.6) is 0 Å². The molecule has 1 unspecified atom stereocenters. The van der Waals surface area contributed by atoms with Gasteiger partial charge in [0.2, 0.25) is 5.91 Å². The number of pyridine rings is 2. The predicted molar refractivity (Wildman–Crippen MR) is 108 cm³/mol. The van der Waals surface area contributed by atoms with Gasteiger partial charge in [0.25, 0.3) is 5.91 Å². The third kappa shape index (κ3) is 4.95. The van der Waals surface area contributed by atoms with Crippen LogP contribution in [0.25, 0.3) is 0 Å². The minimum Gasteiger partial charge on any atom is -0.354 e. The number of hydrogen-bond donors (Lipinski definition) is 2. The predicted octanol–water partition coefficient (Wildman–Crippen LogP) is 3.16. The lowest BCUT2D eigenvalue weighted by Crippen LogP contribution is -2.37. The molecule has 31 heavy (non-hydrogen) atoms. The Balaban J connectivity index is 1.37. The van der Waals surface area contributed by atoms with E-state index in [1.807, 2.05) is 4.90 Å². The number of carbonyl (C=O) groups excluding carboxylic acids is 2. The Morgan fingerprint density at radius 2 is 1.94 bits per heavy atom. The molecular formula is C21H22F3N5O2. The molecule has 2 aliphatic rings. The van der Waals surface area contributed by atoms with Gasteiger partial charge in [-0.25, -0.2) is 9.97 Å². The molecule has 2 N–H and O–H groups in total. The number of nitrogens with zero attached hydrogens (tertiary/aromatic N) is 3. The van der Waals surface area contributed by atoms with Crippen molar-refractivity contribution in [2.45, 2.75) is 38.4 Å². The minimum atomic E-state index is -4.43. The second-order valence-corrected chi connectivity index (χ2v) is 7.96. The molecule has 0 aromatic carbocycles. The maximum atomic E-state index is 12.9. The van der Waals surface area contributed by atoms with Gasteiger partial charge in [-0.2, -0.15) is 13.2 Å². The SMILES string of the molecule is Cc1cc(C(F)(F)F)cnc1N1CCC(NC(=O)c2ccnc(NC(=O)C3CC3)c2)C1. The summed E-state index contributed by atoms with van der Waals surface area (Å²) in [7, 11) is 0. The number of amides is 2. The van der Waals surface area contributed by atoms with Crippen molar-refractivity contribution in [3.8, 4) is 0 Å². The highest BCUT2D eigenvalue weighted by Gasteiger charge is 2.33. The number of rotatable bonds is 5. The third-order valence-corrected chi connectivity index (χ3v) is 5.42. The highest BCUT2D eigenvalue weighted by molar-refractivity contribution is 5.97. The maximum absolute atomic E-state index is 12.9. The summed E-state index contributed by atoms with van der Waals surface area (Å²) in [5, 5.41) is 5.65. The van der Waals surface area contributed by atoms with Crippen LogP contribution >= 0.6 is 0 Å². The molecule has 1 aliphatic carbocycles. The van der Waals surface area contributed by atoms with Crippen LogP contribution in [-0.4, -0.2) is 40.9 Å². The Labute approximate surface area is 177 Å². The highest BCUT2D eigenvalue weighted by atomic mass is 19.4. The molecule has 2 aromatic rings. The lowest BCUT2D eigenvalue weighted by Gasteiger charge is -2.21. The Morgan fingerprint density at radius 1 is 1.16 bits per heavy atom. The smallest absolute Gasteiger partial charge is 0.354 e. The molecule has 3 heterocycles. The molecule has 0 radical (unpaired) electrons. The fourth-order valence-corrected chi connectivity index (χ4v) is 3.61. The van der Waals surface area contributed by atoms with Crippen molar-refractivity contribution in [1.82, 2.24) is 15.3 Å². The molecule has 0 bridgehead atoms. The minimum absolute atomic E-state index is 0.0334. The zero-order chi connectivity index (χ0) is 22.2. The molecular weight excluding hydrogens is 411 g/mol. The summed E-state index contributed by atoms with van der Waals surface area (Å²) in [4.78, 5) is 34.5. The van der Waals surface area contributed by atoms with Crippen LogP contribution in [0.4, 0.5) is 24.8 Å². The van der Waals surface area contributed by atoms with Crippen LogP contribution in [0.3, 0.4) is 0 Å². The molecule has 4 rings (SSSR count). The molecule has 7 nitrogen and oxygen atoms in total. The van der Waals surface area contributed by atoms with Gasteiger partial charge in [0.05, 0.1) is 5.56 Å². The van der Waals surface area contributed by atoms with E-state index in [9.17, 15) is 22.8 Å². The van der Waals surface area contributed by atoms with E-state index in [2.05, 4.69) is 20.6 Å². The number of nitrogens with one attached hydrogen (secondary N) is 2. The molecule has 2 fully saturated rings. The van der Waals surface area contributed by atoms with Crippen molar-refractivity contribution in [2.75, 3.05) is 23.3 Å². The van der Waals surface area contributed by atoms with Crippen molar-refractivity contribution >= 4 is 23.5 Å². The second-order valence-electron chi connectivity index (χ2n) is 7.96. The topological polar surface area (TPSA) is 87.2 Å². The number of aryl methyl sites for hydroxylation is 1. The first-order valence-corrected chi connectivity index (χ1v) is 10.1. The number of hydrogen-bond acceptors (Lipinski definition) is 5. The fraction of sp³-hybridized carbons (Fsp3) is 0.429. The number of anilines is 2. The Hall–Kier alpha value is -3.17. The molecule has 1 aliphatic heterocycles. The standard InChI is InChI=1S/C21H22F3N5O2/c1-12-8-15(21(22,23)24)10-26-18(12)29-7-5-16(11-29)27-20(31)14-4-6-25-17(9-14)28-19(30)13-2-3-13/h4,6,8-10,13,16H,2-3,5,7,11H2,1H3,(H,27,31)(H,25,28,30). The molecule has 1 saturated carbocycles. The third-order valence-electron chi connectivity index (χ3n) is 5.42. The molecule has 1 saturated heterocycles. The number of halogens is 3. The normalized spacial score (nSPS) is 18.7. The average Bonchev–Trinajstić information content (AvgIpc) is 3.47. The van der Waals surface area contributed by atoms with Crippen molar-refractivity contribution in [1.29, 1.82) is 0 Å². The Morgan fingerprint density at radius 3 is 2.61 bits per heavy atom. The fourth-order valence-electron chi connectivity index (χ4n) is 3.61. The van der Waals surface area contributed by atoms with E-state index in [1.54, 1.807) is 13.0 Å². The van der Waals surface area contributed by atoms with Crippen molar-refractivity contribution in [3.63, 3.8) is 0 Å². The Kier molecular flexibility index (Phi) is 5.55. The summed E-state index contributed by atoms with van der Waals surface area (Å²) >= 11 is 0. The van der Waals surface area contributed by atoms with Crippen LogP contribution in [0.2, 0.25) is 0 Å². The molecule has 0 spiro atoms. The van der Waals surface area contributed by atoms with E-state index in [-0.39, 0.29) is 23.8 Å². The van der Waals surface area contributed by atoms with E-state index in [4.69, 9.17) is 0 Å². The van der Waals surface area contributed by atoms with Gasteiger partial charge < -0.3 is 15.5 Å². The van der Waals surface area contributed by atoms with Crippen molar-refractivity contribution < 1.29 is 22.8 Å². The van der Waals surface area contributed by atoms with Gasteiger partial charge in [-0.05, 0) is 49.9 Å². The molecule has 2 aromatic heterocycles. The summed E-state index contributed by atoms with van der Waals surface area (Å²) in [5.41, 5.74) is 0.0374. The Bertz CT molecular complexity index is 1010. The number of aromatic nitrogens is 2. The quantitative estimate of drug-likeness (QED) is 0.757. The summed E-state index contributed by atoms with van der Waals surface area (Å²) in [6, 6.07) is 4.01. The van der Waals surface area contributed by atoms with Crippen LogP contribution < -0.4 is 15.5 Å². The van der Waals surface area contributed by atoms with Crippen LogP contribution in [0.15, 0.2) is 30.6 Å². The number of alkyl halides is 3. The van der Waals surface area contributed by atoms with Gasteiger partial charge in [0.15, 0.2) is 0 Å². The lowest BCUT2D eigenvalue weighted by atomic mass is 10.2. The van der Waals surface area contributed by atoms with E-state index in [1.165, 1.54) is 12.3 Å². The van der Waals surface area contributed by atoms with Gasteiger partial charge in [-0.3, -0.25) is 9.59 Å². The first-order valence-electron chi connectivity index (χ1n) is 10.1. The van der Waals surface area contributed by atoms with E-state index in [0.29, 0.717) is 42.3 Å². The van der Waals surface area contributed by atoms with Gasteiger partial charge in [-0.15, -0.1) is 0 Å². The van der Waals surface area contributed by atoms with Crippen molar-refractivity contribution in [3.05, 3.63) is 47.3 Å². The first kappa shape index (κ1) is 21.1. The molecule has 2 amide bonds. The average molecular weight is 433 g/mol. The van der Waals surface area contributed by atoms with Crippen molar-refractivity contribution in [2.24, 2.45) is 5.92 Å². The zero-order valence-electron chi connectivity index (χ0n) is 16.9. The summed E-state index contributed by atoms with van der Waals surface area (Å²) in [6.45, 7) is 2.61. The van der Waals surface area contributed by atoms with Gasteiger partial charge in [-0.1, -0.05) is 0 Å². The van der Waals surface area contributed by atoms with Crippen LogP contribution in [0, 0.1) is 12.8 Å². The van der Waals surface area contributed by atoms with Gasteiger partial charge in [0.1, 0.15) is 11.6 Å². The maximum Gasteiger partial charge on any atom is 0.417 e. The highest BCUT2D eigenvalue weighted by Crippen LogP contribution is 2.32. The monoisotopic (exact) mass is 433 g/mol. The van der Waals surface area contributed by atoms with E-state index >= 15 is 0 Å². The largest absolute Gasteiger partial charge is 0.417 e. The molecule has 164 valence electrons. The molecule has 10 heteroatoms.